The first-order valence-electron chi connectivity index (χ1n) is 2.67. The fraction of sp³-hybridized carbons (Fsp3) is 0.600. The van der Waals surface area contributed by atoms with Crippen LogP contribution in [0.2, 0.25) is 0 Å². The third kappa shape index (κ3) is 1.78. The molecule has 1 amide bonds. The SMILES string of the molecule is C=NC(C)(O)C(N)C(N)=O. The molecule has 10 heavy (non-hydrogen) atoms. The van der Waals surface area contributed by atoms with Crippen LogP contribution in [-0.4, -0.2) is 29.5 Å². The number of primary amides is 1. The fourth-order valence-electron chi connectivity index (χ4n) is 0.368. The van der Waals surface area contributed by atoms with Crippen LogP contribution in [0.15, 0.2) is 4.99 Å². The Morgan fingerprint density at radius 2 is 2.30 bits per heavy atom. The van der Waals surface area contributed by atoms with Crippen LogP contribution < -0.4 is 11.5 Å². The highest BCUT2D eigenvalue weighted by atomic mass is 16.3. The van der Waals surface area contributed by atoms with E-state index in [9.17, 15) is 4.79 Å². The van der Waals surface area contributed by atoms with E-state index in [0.717, 1.165) is 0 Å². The van der Waals surface area contributed by atoms with E-state index in [0.29, 0.717) is 0 Å². The summed E-state index contributed by atoms with van der Waals surface area (Å²) in [4.78, 5) is 13.6. The molecule has 2 atom stereocenters. The highest BCUT2D eigenvalue weighted by Gasteiger charge is 2.31. The van der Waals surface area contributed by atoms with Gasteiger partial charge >= 0.3 is 0 Å². The first kappa shape index (κ1) is 9.06. The molecule has 5 nitrogen and oxygen atoms in total. The number of aliphatic hydroxyl groups is 1. The minimum Gasteiger partial charge on any atom is -0.368 e. The summed E-state index contributed by atoms with van der Waals surface area (Å²) in [5.41, 5.74) is 8.27. The normalized spacial score (nSPS) is 19.1. The zero-order valence-corrected chi connectivity index (χ0v) is 5.74. The number of amides is 1. The minimum absolute atomic E-state index is 0.808. The molecule has 5 heteroatoms. The number of nitrogens with zero attached hydrogens (tertiary/aromatic N) is 1. The zero-order chi connectivity index (χ0) is 8.36. The number of hydrogen-bond acceptors (Lipinski definition) is 4. The Balaban J connectivity index is 4.31. The van der Waals surface area contributed by atoms with Crippen molar-refractivity contribution < 1.29 is 9.90 Å². The van der Waals surface area contributed by atoms with Crippen LogP contribution in [0.4, 0.5) is 0 Å². The van der Waals surface area contributed by atoms with Gasteiger partial charge in [-0.1, -0.05) is 0 Å². The van der Waals surface area contributed by atoms with Crippen molar-refractivity contribution in [2.24, 2.45) is 16.5 Å². The molecule has 0 aliphatic heterocycles. The predicted molar refractivity (Wildman–Crippen MR) is 37.3 cm³/mol. The summed E-state index contributed by atoms with van der Waals surface area (Å²) in [5.74, 6) is -0.808. The van der Waals surface area contributed by atoms with Crippen LogP contribution in [0.1, 0.15) is 6.92 Å². The molecule has 0 saturated heterocycles. The monoisotopic (exact) mass is 145 g/mol. The maximum Gasteiger partial charge on any atom is 0.239 e. The van der Waals surface area contributed by atoms with E-state index in [4.69, 9.17) is 16.6 Å². The summed E-state index contributed by atoms with van der Waals surface area (Å²) < 4.78 is 0. The summed E-state index contributed by atoms with van der Waals surface area (Å²) in [5, 5.41) is 9.11. The van der Waals surface area contributed by atoms with E-state index in [2.05, 4.69) is 11.7 Å². The van der Waals surface area contributed by atoms with Gasteiger partial charge in [0.1, 0.15) is 6.04 Å². The molecule has 0 rings (SSSR count). The van der Waals surface area contributed by atoms with E-state index in [1.807, 2.05) is 0 Å². The lowest BCUT2D eigenvalue weighted by atomic mass is 10.1. The lowest BCUT2D eigenvalue weighted by Crippen LogP contribution is -2.52. The van der Waals surface area contributed by atoms with Gasteiger partial charge < -0.3 is 16.6 Å². The Morgan fingerprint density at radius 1 is 1.90 bits per heavy atom. The topological polar surface area (TPSA) is 102 Å². The molecular formula is C5H11N3O2. The second kappa shape index (κ2) is 2.76. The maximum absolute atomic E-state index is 10.4. The third-order valence-electron chi connectivity index (χ3n) is 1.22. The quantitative estimate of drug-likeness (QED) is 0.408. The van der Waals surface area contributed by atoms with Crippen molar-refractivity contribution in [1.82, 2.24) is 0 Å². The first-order valence-corrected chi connectivity index (χ1v) is 2.67. The van der Waals surface area contributed by atoms with Gasteiger partial charge in [-0.25, -0.2) is 0 Å². The molecule has 0 aliphatic carbocycles. The van der Waals surface area contributed by atoms with Crippen LogP contribution >= 0.6 is 0 Å². The van der Waals surface area contributed by atoms with Gasteiger partial charge in [0, 0.05) is 0 Å². The van der Waals surface area contributed by atoms with Crippen LogP contribution in [0, 0.1) is 0 Å². The second-order valence-electron chi connectivity index (χ2n) is 2.13. The number of hydrogen-bond donors (Lipinski definition) is 3. The van der Waals surface area contributed by atoms with Gasteiger partial charge in [-0.2, -0.15) is 0 Å². The highest BCUT2D eigenvalue weighted by Crippen LogP contribution is 2.07. The van der Waals surface area contributed by atoms with Gasteiger partial charge in [-0.15, -0.1) is 0 Å². The number of aliphatic imine (C=N–C) groups is 1. The Hall–Kier alpha value is -0.940. The summed E-state index contributed by atoms with van der Waals surface area (Å²) in [7, 11) is 0. The number of carbonyl (C=O) groups excluding carboxylic acids is 1. The van der Waals surface area contributed by atoms with Crippen LogP contribution in [0.3, 0.4) is 0 Å². The summed E-state index contributed by atoms with van der Waals surface area (Å²) in [6.45, 7) is 4.31. The Bertz CT molecular complexity index is 155. The summed E-state index contributed by atoms with van der Waals surface area (Å²) in [6.07, 6.45) is 0. The molecule has 0 aromatic heterocycles. The van der Waals surface area contributed by atoms with Crippen molar-refractivity contribution in [3.63, 3.8) is 0 Å². The van der Waals surface area contributed by atoms with E-state index >= 15 is 0 Å². The van der Waals surface area contributed by atoms with Crippen molar-refractivity contribution in [3.8, 4) is 0 Å². The van der Waals surface area contributed by atoms with Crippen molar-refractivity contribution in [1.29, 1.82) is 0 Å². The van der Waals surface area contributed by atoms with E-state index < -0.39 is 17.7 Å². The van der Waals surface area contributed by atoms with Gasteiger partial charge in [0.05, 0.1) is 0 Å². The number of carbonyl (C=O) groups is 1. The van der Waals surface area contributed by atoms with Crippen molar-refractivity contribution in [3.05, 3.63) is 0 Å². The van der Waals surface area contributed by atoms with Crippen LogP contribution in [-0.2, 0) is 4.79 Å². The fourth-order valence-corrected chi connectivity index (χ4v) is 0.368. The van der Waals surface area contributed by atoms with Gasteiger partial charge in [0.2, 0.25) is 5.91 Å². The molecular weight excluding hydrogens is 134 g/mol. The average Bonchev–Trinajstić information content (AvgIpc) is 1.86. The van der Waals surface area contributed by atoms with Crippen molar-refractivity contribution in [2.75, 3.05) is 0 Å². The zero-order valence-electron chi connectivity index (χ0n) is 5.74. The minimum atomic E-state index is -1.66. The Kier molecular flexibility index (Phi) is 2.50. The Morgan fingerprint density at radius 3 is 2.40 bits per heavy atom. The molecule has 0 spiro atoms. The standard InChI is InChI=1S/C5H11N3O2/c1-5(10,8-2)3(6)4(7)9/h3,10H,2,6H2,1H3,(H2,7,9). The van der Waals surface area contributed by atoms with Crippen molar-refractivity contribution in [2.45, 2.75) is 18.7 Å². The molecule has 0 radical (unpaired) electrons. The van der Waals surface area contributed by atoms with E-state index in [-0.39, 0.29) is 0 Å². The molecule has 58 valence electrons. The van der Waals surface area contributed by atoms with Gasteiger partial charge in [-0.05, 0) is 13.6 Å². The molecule has 0 aliphatic rings. The van der Waals surface area contributed by atoms with Crippen molar-refractivity contribution >= 4 is 12.6 Å². The smallest absolute Gasteiger partial charge is 0.239 e. The molecule has 0 bridgehead atoms. The van der Waals surface area contributed by atoms with Gasteiger partial charge in [0.15, 0.2) is 5.72 Å². The molecule has 5 N–H and O–H groups in total. The molecule has 0 saturated carbocycles. The largest absolute Gasteiger partial charge is 0.368 e. The second-order valence-corrected chi connectivity index (χ2v) is 2.13. The summed E-state index contributed by atoms with van der Waals surface area (Å²) in [6, 6.07) is -1.20. The molecule has 2 unspecified atom stereocenters. The lowest BCUT2D eigenvalue weighted by molar-refractivity contribution is -0.124. The molecule has 0 fully saturated rings. The highest BCUT2D eigenvalue weighted by molar-refractivity contribution is 5.81. The molecule has 0 aromatic rings. The molecule has 0 aromatic carbocycles. The van der Waals surface area contributed by atoms with E-state index in [1.165, 1.54) is 6.92 Å². The van der Waals surface area contributed by atoms with Crippen LogP contribution in [0.25, 0.3) is 0 Å². The number of rotatable bonds is 3. The Labute approximate surface area is 58.7 Å². The first-order chi connectivity index (χ1) is 4.41. The third-order valence-corrected chi connectivity index (χ3v) is 1.22. The number of nitrogens with two attached hydrogens (primary N) is 2. The molecule has 0 heterocycles. The lowest BCUT2D eigenvalue weighted by Gasteiger charge is -2.22. The van der Waals surface area contributed by atoms with Crippen LogP contribution in [0.5, 0.6) is 0 Å². The van der Waals surface area contributed by atoms with Gasteiger partial charge in [0.25, 0.3) is 0 Å². The summed E-state index contributed by atoms with van der Waals surface area (Å²) >= 11 is 0. The maximum atomic E-state index is 10.4. The van der Waals surface area contributed by atoms with Gasteiger partial charge in [-0.3, -0.25) is 9.79 Å². The van der Waals surface area contributed by atoms with E-state index in [1.54, 1.807) is 0 Å². The average molecular weight is 145 g/mol. The predicted octanol–water partition coefficient (Wildman–Crippen LogP) is -1.79.